The summed E-state index contributed by atoms with van der Waals surface area (Å²) in [5.74, 6) is 0. The van der Waals surface area contributed by atoms with Crippen molar-refractivity contribution in [3.05, 3.63) is 114 Å². The number of fused-ring (bicyclic) bond motifs is 1. The summed E-state index contributed by atoms with van der Waals surface area (Å²) in [5.41, 5.74) is 5.65. The van der Waals surface area contributed by atoms with Gasteiger partial charge in [0.05, 0.1) is 11.3 Å². The zero-order chi connectivity index (χ0) is 29.6. The lowest BCUT2D eigenvalue weighted by Gasteiger charge is -2.23. The van der Waals surface area contributed by atoms with Gasteiger partial charge in [0.15, 0.2) is 0 Å². The molecule has 0 unspecified atom stereocenters. The van der Waals surface area contributed by atoms with Gasteiger partial charge in [-0.3, -0.25) is 4.98 Å². The first-order valence-electron chi connectivity index (χ1n) is 14.0. The van der Waals surface area contributed by atoms with E-state index in [1.807, 2.05) is 36.4 Å². The highest BCUT2D eigenvalue weighted by molar-refractivity contribution is 5.91. The lowest BCUT2D eigenvalue weighted by molar-refractivity contribution is -0.137. The van der Waals surface area contributed by atoms with Gasteiger partial charge < -0.3 is 0 Å². The number of rotatable bonds is 4. The van der Waals surface area contributed by atoms with E-state index in [1.54, 1.807) is 18.2 Å². The molecule has 41 heavy (non-hydrogen) atoms. The van der Waals surface area contributed by atoms with Gasteiger partial charge >= 0.3 is 6.18 Å². The number of hydrogen-bond donors (Lipinski definition) is 0. The van der Waals surface area contributed by atoms with Crippen LogP contribution in [0, 0.1) is 5.41 Å². The van der Waals surface area contributed by atoms with Crippen LogP contribution in [-0.2, 0) is 18.0 Å². The molecule has 4 heteroatoms. The van der Waals surface area contributed by atoms with Crippen LogP contribution in [0.25, 0.3) is 44.3 Å². The molecule has 1 heterocycles. The van der Waals surface area contributed by atoms with Gasteiger partial charge in [0.2, 0.25) is 0 Å². The Labute approximate surface area is 241 Å². The smallest absolute Gasteiger partial charge is 0.256 e. The molecule has 0 fully saturated rings. The van der Waals surface area contributed by atoms with E-state index in [1.165, 1.54) is 5.56 Å². The zero-order valence-corrected chi connectivity index (χ0v) is 24.5. The Hall–Kier alpha value is -3.92. The van der Waals surface area contributed by atoms with E-state index >= 15 is 0 Å². The Morgan fingerprint density at radius 2 is 1.20 bits per heavy atom. The molecule has 5 aromatic rings. The third-order valence-corrected chi connectivity index (χ3v) is 7.39. The number of aromatic nitrogens is 1. The topological polar surface area (TPSA) is 12.9 Å². The van der Waals surface area contributed by atoms with Crippen LogP contribution in [0.15, 0.2) is 97.2 Å². The molecule has 5 rings (SSSR count). The highest BCUT2D eigenvalue weighted by atomic mass is 19.4. The Morgan fingerprint density at radius 3 is 1.78 bits per heavy atom. The summed E-state index contributed by atoms with van der Waals surface area (Å²) < 4.78 is 42.5. The fourth-order valence-corrected chi connectivity index (χ4v) is 5.43. The number of alkyl halides is 3. The maximum atomic E-state index is 14.2. The molecule has 0 amide bonds. The largest absolute Gasteiger partial charge is 0.418 e. The minimum Gasteiger partial charge on any atom is -0.256 e. The van der Waals surface area contributed by atoms with Crippen LogP contribution in [0.3, 0.4) is 0 Å². The van der Waals surface area contributed by atoms with Crippen molar-refractivity contribution < 1.29 is 13.2 Å². The molecule has 0 aliphatic carbocycles. The third-order valence-electron chi connectivity index (χ3n) is 7.39. The number of nitrogens with zero attached hydrogens (tertiary/aromatic N) is 1. The van der Waals surface area contributed by atoms with Crippen LogP contribution >= 0.6 is 0 Å². The summed E-state index contributed by atoms with van der Waals surface area (Å²) in [4.78, 5) is 4.31. The summed E-state index contributed by atoms with van der Waals surface area (Å²) in [6.07, 6.45) is -2.58. The zero-order valence-electron chi connectivity index (χ0n) is 24.5. The molecule has 0 aliphatic rings. The quantitative estimate of drug-likeness (QED) is 0.216. The average molecular weight is 552 g/mol. The van der Waals surface area contributed by atoms with Crippen LogP contribution in [0.5, 0.6) is 0 Å². The molecule has 0 N–H and O–H groups in total. The van der Waals surface area contributed by atoms with Crippen molar-refractivity contribution in [3.63, 3.8) is 0 Å². The average Bonchev–Trinajstić information content (AvgIpc) is 2.91. The number of halogens is 3. The Kier molecular flexibility index (Phi) is 7.31. The molecule has 4 aromatic carbocycles. The molecule has 210 valence electrons. The van der Waals surface area contributed by atoms with Gasteiger partial charge in [-0.1, -0.05) is 114 Å². The van der Waals surface area contributed by atoms with Crippen molar-refractivity contribution in [2.24, 2.45) is 5.41 Å². The van der Waals surface area contributed by atoms with Crippen molar-refractivity contribution in [3.8, 4) is 33.5 Å². The summed E-state index contributed by atoms with van der Waals surface area (Å²) >= 11 is 0. The van der Waals surface area contributed by atoms with Gasteiger partial charge in [0, 0.05) is 11.8 Å². The lowest BCUT2D eigenvalue weighted by atomic mass is 9.82. The van der Waals surface area contributed by atoms with Gasteiger partial charge in [-0.25, -0.2) is 0 Å². The van der Waals surface area contributed by atoms with Crippen LogP contribution in [-0.4, -0.2) is 4.98 Å². The van der Waals surface area contributed by atoms with Crippen LogP contribution in [0.4, 0.5) is 13.2 Å². The second kappa shape index (κ2) is 10.5. The van der Waals surface area contributed by atoms with E-state index in [4.69, 9.17) is 0 Å². The molecule has 0 radical (unpaired) electrons. The van der Waals surface area contributed by atoms with E-state index < -0.39 is 11.7 Å². The second-order valence-electron chi connectivity index (χ2n) is 13.1. The molecular weight excluding hydrogens is 515 g/mol. The molecular formula is C37H36F3N. The SMILES string of the molecule is CC(C)(C)Cc1ccc(-c2ccc(-c3cc(-c4cc(C(C)(C)C)c5ccccc5c4)ncc3C(F)(F)F)cc2)cc1. The summed E-state index contributed by atoms with van der Waals surface area (Å²) in [6, 6.07) is 29.5. The van der Waals surface area contributed by atoms with E-state index in [2.05, 4.69) is 82.9 Å². The van der Waals surface area contributed by atoms with Crippen molar-refractivity contribution >= 4 is 10.8 Å². The Morgan fingerprint density at radius 1 is 0.610 bits per heavy atom. The third kappa shape index (κ3) is 6.37. The monoisotopic (exact) mass is 551 g/mol. The summed E-state index contributed by atoms with van der Waals surface area (Å²) in [6.45, 7) is 13.1. The predicted molar refractivity (Wildman–Crippen MR) is 165 cm³/mol. The summed E-state index contributed by atoms with van der Waals surface area (Å²) in [5, 5.41) is 2.17. The first kappa shape index (κ1) is 28.6. The van der Waals surface area contributed by atoms with Crippen LogP contribution in [0.2, 0.25) is 0 Å². The van der Waals surface area contributed by atoms with E-state index in [9.17, 15) is 13.2 Å². The minimum atomic E-state index is -4.53. The van der Waals surface area contributed by atoms with Crippen molar-refractivity contribution in [2.45, 2.75) is 59.6 Å². The summed E-state index contributed by atoms with van der Waals surface area (Å²) in [7, 11) is 0. The highest BCUT2D eigenvalue weighted by Gasteiger charge is 2.34. The number of hydrogen-bond acceptors (Lipinski definition) is 1. The molecule has 1 nitrogen and oxygen atoms in total. The lowest BCUT2D eigenvalue weighted by Crippen LogP contribution is -2.12. The molecule has 1 aromatic heterocycles. The van der Waals surface area contributed by atoms with Crippen molar-refractivity contribution in [2.75, 3.05) is 0 Å². The van der Waals surface area contributed by atoms with Gasteiger partial charge in [0.25, 0.3) is 0 Å². The van der Waals surface area contributed by atoms with Gasteiger partial charge in [-0.05, 0) is 79.6 Å². The fraction of sp³-hybridized carbons (Fsp3) is 0.270. The first-order chi connectivity index (χ1) is 19.2. The van der Waals surface area contributed by atoms with Crippen molar-refractivity contribution in [1.82, 2.24) is 4.98 Å². The number of pyridine rings is 1. The second-order valence-corrected chi connectivity index (χ2v) is 13.1. The Balaban J connectivity index is 1.56. The molecule has 0 saturated carbocycles. The van der Waals surface area contributed by atoms with E-state index in [0.29, 0.717) is 11.3 Å². The maximum Gasteiger partial charge on any atom is 0.418 e. The van der Waals surface area contributed by atoms with Gasteiger partial charge in [-0.2, -0.15) is 13.2 Å². The molecule has 0 spiro atoms. The van der Waals surface area contributed by atoms with Gasteiger partial charge in [-0.15, -0.1) is 0 Å². The minimum absolute atomic E-state index is 0.125. The Bertz CT molecular complexity index is 1680. The molecule has 0 bridgehead atoms. The molecule has 0 aliphatic heterocycles. The molecule has 0 saturated heterocycles. The van der Waals surface area contributed by atoms with E-state index in [-0.39, 0.29) is 16.4 Å². The first-order valence-corrected chi connectivity index (χ1v) is 14.0. The standard InChI is InChI=1S/C37H36F3N/c1-35(2,3)22-24-11-13-25(14-12-24)26-15-17-27(18-16-26)31-21-34(41-23-33(31)37(38,39)40)29-19-28-9-7-8-10-30(28)32(20-29)36(4,5)6/h7-21,23H,22H2,1-6H3. The van der Waals surface area contributed by atoms with E-state index in [0.717, 1.165) is 45.6 Å². The highest BCUT2D eigenvalue weighted by Crippen LogP contribution is 2.40. The number of benzene rings is 4. The van der Waals surface area contributed by atoms with Crippen LogP contribution < -0.4 is 0 Å². The maximum absolute atomic E-state index is 14.2. The van der Waals surface area contributed by atoms with Crippen molar-refractivity contribution in [1.29, 1.82) is 0 Å². The normalized spacial score (nSPS) is 12.6. The van der Waals surface area contributed by atoms with Gasteiger partial charge in [0.1, 0.15) is 0 Å². The fourth-order valence-electron chi connectivity index (χ4n) is 5.43. The predicted octanol–water partition coefficient (Wildman–Crippen LogP) is 11.1. The molecule has 0 atom stereocenters. The van der Waals surface area contributed by atoms with Crippen LogP contribution in [0.1, 0.15) is 58.2 Å².